The zero-order valence-corrected chi connectivity index (χ0v) is 11.3. The van der Waals surface area contributed by atoms with E-state index in [4.69, 9.17) is 4.74 Å². The van der Waals surface area contributed by atoms with Gasteiger partial charge in [0.05, 0.1) is 6.61 Å². The monoisotopic (exact) mass is 242 g/mol. The van der Waals surface area contributed by atoms with Crippen molar-refractivity contribution in [1.29, 1.82) is 0 Å². The Balaban J connectivity index is 2.03. The third kappa shape index (κ3) is 5.61. The summed E-state index contributed by atoms with van der Waals surface area (Å²) in [6.45, 7) is 7.01. The van der Waals surface area contributed by atoms with E-state index in [-0.39, 0.29) is 0 Å². The van der Waals surface area contributed by atoms with E-state index in [0.29, 0.717) is 0 Å². The van der Waals surface area contributed by atoms with Gasteiger partial charge in [-0.05, 0) is 31.0 Å². The fourth-order valence-electron chi connectivity index (χ4n) is 1.42. The summed E-state index contributed by atoms with van der Waals surface area (Å²) < 4.78 is 5.03. The molecule has 0 amide bonds. The van der Waals surface area contributed by atoms with Gasteiger partial charge in [-0.3, -0.25) is 0 Å². The van der Waals surface area contributed by atoms with E-state index in [1.54, 1.807) is 7.11 Å². The number of likely N-dealkylation sites (N-methyl/N-ethyl adjacent to an activating group) is 1. The van der Waals surface area contributed by atoms with Gasteiger partial charge in [-0.1, -0.05) is 0 Å². The van der Waals surface area contributed by atoms with Crippen LogP contribution in [0.1, 0.15) is 10.4 Å². The van der Waals surface area contributed by atoms with Crippen LogP contribution >= 0.6 is 11.3 Å². The molecule has 1 aromatic heterocycles. The molecule has 0 fully saturated rings. The van der Waals surface area contributed by atoms with E-state index in [0.717, 1.165) is 32.8 Å². The summed E-state index contributed by atoms with van der Waals surface area (Å²) in [4.78, 5) is 3.69. The summed E-state index contributed by atoms with van der Waals surface area (Å²) in [7, 11) is 3.86. The van der Waals surface area contributed by atoms with Crippen molar-refractivity contribution < 1.29 is 4.74 Å². The smallest absolute Gasteiger partial charge is 0.0589 e. The molecule has 0 aliphatic carbocycles. The Bertz CT molecular complexity index is 288. The summed E-state index contributed by atoms with van der Waals surface area (Å²) in [5.74, 6) is 0. The van der Waals surface area contributed by atoms with Gasteiger partial charge in [0.15, 0.2) is 0 Å². The number of hydrogen-bond donors (Lipinski definition) is 1. The predicted molar refractivity (Wildman–Crippen MR) is 70.1 cm³/mol. The average molecular weight is 242 g/mol. The van der Waals surface area contributed by atoms with Crippen LogP contribution in [0.5, 0.6) is 0 Å². The highest BCUT2D eigenvalue weighted by molar-refractivity contribution is 7.10. The number of thiophene rings is 1. The minimum absolute atomic E-state index is 0.806. The van der Waals surface area contributed by atoms with Gasteiger partial charge >= 0.3 is 0 Å². The van der Waals surface area contributed by atoms with Gasteiger partial charge in [0.25, 0.3) is 0 Å². The quantitative estimate of drug-likeness (QED) is 0.703. The van der Waals surface area contributed by atoms with Gasteiger partial charge in [-0.2, -0.15) is 0 Å². The second-order valence-electron chi connectivity index (χ2n) is 4.06. The standard InChI is InChI=1S/C12H22N2OS/c1-11-8-12(16-10-11)9-13-4-5-14(2)6-7-15-3/h8,10,13H,4-7,9H2,1-3H3. The highest BCUT2D eigenvalue weighted by Crippen LogP contribution is 2.12. The summed E-state index contributed by atoms with van der Waals surface area (Å²) in [5.41, 5.74) is 1.36. The Morgan fingerprint density at radius 1 is 1.44 bits per heavy atom. The van der Waals surface area contributed by atoms with Gasteiger partial charge in [-0.15, -0.1) is 11.3 Å². The summed E-state index contributed by atoms with van der Waals surface area (Å²) in [5, 5.41) is 5.65. The minimum atomic E-state index is 0.806. The van der Waals surface area contributed by atoms with E-state index >= 15 is 0 Å². The maximum atomic E-state index is 5.03. The van der Waals surface area contributed by atoms with E-state index in [1.807, 2.05) is 11.3 Å². The lowest BCUT2D eigenvalue weighted by Gasteiger charge is -2.15. The second kappa shape index (κ2) is 7.79. The van der Waals surface area contributed by atoms with E-state index in [9.17, 15) is 0 Å². The molecule has 0 saturated heterocycles. The highest BCUT2D eigenvalue weighted by Gasteiger charge is 1.98. The van der Waals surface area contributed by atoms with Gasteiger partial charge in [0.2, 0.25) is 0 Å². The predicted octanol–water partition coefficient (Wildman–Crippen LogP) is 1.72. The molecule has 0 radical (unpaired) electrons. The average Bonchev–Trinajstić information content (AvgIpc) is 2.67. The first-order chi connectivity index (χ1) is 7.72. The molecule has 1 N–H and O–H groups in total. The summed E-state index contributed by atoms with van der Waals surface area (Å²) in [6, 6.07) is 2.24. The van der Waals surface area contributed by atoms with Crippen molar-refractivity contribution in [3.8, 4) is 0 Å². The molecule has 0 aliphatic heterocycles. The zero-order valence-electron chi connectivity index (χ0n) is 10.5. The summed E-state index contributed by atoms with van der Waals surface area (Å²) in [6.07, 6.45) is 0. The van der Waals surface area contributed by atoms with Crippen molar-refractivity contribution in [2.24, 2.45) is 0 Å². The molecule has 0 aliphatic rings. The van der Waals surface area contributed by atoms with Crippen molar-refractivity contribution in [3.05, 3.63) is 21.9 Å². The largest absolute Gasteiger partial charge is 0.383 e. The lowest BCUT2D eigenvalue weighted by atomic mass is 10.3. The number of methoxy groups -OCH3 is 1. The van der Waals surface area contributed by atoms with E-state index < -0.39 is 0 Å². The number of rotatable bonds is 8. The topological polar surface area (TPSA) is 24.5 Å². The molecule has 1 rings (SSSR count). The molecular weight excluding hydrogens is 220 g/mol. The number of nitrogens with one attached hydrogen (secondary N) is 1. The van der Waals surface area contributed by atoms with Gasteiger partial charge < -0.3 is 15.0 Å². The lowest BCUT2D eigenvalue weighted by molar-refractivity contribution is 0.161. The Labute approximate surface area is 102 Å². The Hall–Kier alpha value is -0.420. The van der Waals surface area contributed by atoms with Crippen molar-refractivity contribution in [3.63, 3.8) is 0 Å². The second-order valence-corrected chi connectivity index (χ2v) is 5.06. The van der Waals surface area contributed by atoms with Crippen LogP contribution in [0.15, 0.2) is 11.4 Å². The fourth-order valence-corrected chi connectivity index (χ4v) is 2.27. The molecule has 0 atom stereocenters. The number of ether oxygens (including phenoxy) is 1. The van der Waals surface area contributed by atoms with Crippen molar-refractivity contribution >= 4 is 11.3 Å². The molecule has 4 heteroatoms. The van der Waals surface area contributed by atoms with Crippen LogP contribution in [0.3, 0.4) is 0 Å². The van der Waals surface area contributed by atoms with Crippen LogP contribution in [0.25, 0.3) is 0 Å². The Kier molecular flexibility index (Phi) is 6.64. The molecule has 0 spiro atoms. The van der Waals surface area contributed by atoms with Crippen LogP contribution < -0.4 is 5.32 Å². The van der Waals surface area contributed by atoms with Gasteiger partial charge in [0.1, 0.15) is 0 Å². The third-order valence-electron chi connectivity index (χ3n) is 2.43. The number of nitrogens with zero attached hydrogens (tertiary/aromatic N) is 1. The van der Waals surface area contributed by atoms with Crippen LogP contribution in [0.4, 0.5) is 0 Å². The van der Waals surface area contributed by atoms with Gasteiger partial charge in [0, 0.05) is 38.2 Å². The first kappa shape index (κ1) is 13.6. The zero-order chi connectivity index (χ0) is 11.8. The summed E-state index contributed by atoms with van der Waals surface area (Å²) >= 11 is 1.83. The molecular formula is C12H22N2OS. The van der Waals surface area contributed by atoms with Crippen molar-refractivity contribution in [2.45, 2.75) is 13.5 Å². The van der Waals surface area contributed by atoms with Crippen LogP contribution in [-0.2, 0) is 11.3 Å². The maximum Gasteiger partial charge on any atom is 0.0589 e. The molecule has 0 bridgehead atoms. The van der Waals surface area contributed by atoms with E-state index in [2.05, 4.69) is 35.6 Å². The normalized spacial score (nSPS) is 11.2. The van der Waals surface area contributed by atoms with Crippen LogP contribution in [0.2, 0.25) is 0 Å². The molecule has 92 valence electrons. The van der Waals surface area contributed by atoms with Crippen molar-refractivity contribution in [1.82, 2.24) is 10.2 Å². The first-order valence-corrected chi connectivity index (χ1v) is 6.52. The molecule has 0 saturated carbocycles. The first-order valence-electron chi connectivity index (χ1n) is 5.64. The number of hydrogen-bond acceptors (Lipinski definition) is 4. The Morgan fingerprint density at radius 2 is 2.25 bits per heavy atom. The molecule has 1 heterocycles. The third-order valence-corrected chi connectivity index (χ3v) is 3.49. The highest BCUT2D eigenvalue weighted by atomic mass is 32.1. The van der Waals surface area contributed by atoms with Crippen LogP contribution in [-0.4, -0.2) is 45.3 Å². The van der Waals surface area contributed by atoms with Crippen LogP contribution in [0, 0.1) is 6.92 Å². The lowest BCUT2D eigenvalue weighted by Crippen LogP contribution is -2.31. The molecule has 0 unspecified atom stereocenters. The molecule has 0 aromatic carbocycles. The maximum absolute atomic E-state index is 5.03. The molecule has 1 aromatic rings. The molecule has 16 heavy (non-hydrogen) atoms. The minimum Gasteiger partial charge on any atom is -0.383 e. The SMILES string of the molecule is COCCN(C)CCNCc1cc(C)cs1. The molecule has 3 nitrogen and oxygen atoms in total. The number of aryl methyl sites for hydroxylation is 1. The Morgan fingerprint density at radius 3 is 2.88 bits per heavy atom. The van der Waals surface area contributed by atoms with Gasteiger partial charge in [-0.25, -0.2) is 0 Å². The van der Waals surface area contributed by atoms with E-state index in [1.165, 1.54) is 10.4 Å². The van der Waals surface area contributed by atoms with Crippen molar-refractivity contribution in [2.75, 3.05) is 40.4 Å². The fraction of sp³-hybridized carbons (Fsp3) is 0.667.